The Morgan fingerprint density at radius 2 is 1.94 bits per heavy atom. The monoisotopic (exact) mass is 497 g/mol. The highest BCUT2D eigenvalue weighted by Crippen LogP contribution is 2.22. The number of piperidine rings is 1. The van der Waals surface area contributed by atoms with Crippen LogP contribution in [0.25, 0.3) is 0 Å². The molecular formula is C26H39N7O3. The lowest BCUT2D eigenvalue weighted by molar-refractivity contribution is 0.0386. The molecule has 2 saturated heterocycles. The molecule has 1 aromatic carbocycles. The summed E-state index contributed by atoms with van der Waals surface area (Å²) in [4.78, 5) is 35.5. The molecule has 2 aliphatic rings. The van der Waals surface area contributed by atoms with Gasteiger partial charge >= 0.3 is 6.03 Å². The van der Waals surface area contributed by atoms with Crippen LogP contribution in [0.15, 0.2) is 30.6 Å². The highest BCUT2D eigenvalue weighted by molar-refractivity contribution is 6.01. The molecule has 1 aromatic heterocycles. The number of anilines is 1. The number of aromatic nitrogens is 3. The van der Waals surface area contributed by atoms with E-state index >= 15 is 0 Å². The van der Waals surface area contributed by atoms with Crippen molar-refractivity contribution in [3.63, 3.8) is 0 Å². The summed E-state index contributed by atoms with van der Waals surface area (Å²) in [6, 6.07) is 8.55. The van der Waals surface area contributed by atoms with Gasteiger partial charge in [-0.05, 0) is 62.8 Å². The van der Waals surface area contributed by atoms with Crippen molar-refractivity contribution in [1.82, 2.24) is 29.9 Å². The number of likely N-dealkylation sites (tertiary alicyclic amines) is 1. The van der Waals surface area contributed by atoms with E-state index in [9.17, 15) is 9.59 Å². The Morgan fingerprint density at radius 1 is 1.19 bits per heavy atom. The Balaban J connectivity index is 1.28. The molecule has 2 N–H and O–H groups in total. The number of carbonyl (C=O) groups excluding carboxylic acids is 2. The Kier molecular flexibility index (Phi) is 9.29. The molecule has 10 nitrogen and oxygen atoms in total. The SMILES string of the molecule is CCCN(CC1CCN(C(=O)N2CCOCC2)CC1)C(C)Cc1cccc(NC(=O)c2ncn[nH]2)c1. The molecule has 0 radical (unpaired) electrons. The summed E-state index contributed by atoms with van der Waals surface area (Å²) >= 11 is 0. The summed E-state index contributed by atoms with van der Waals surface area (Å²) in [5.41, 5.74) is 1.94. The van der Waals surface area contributed by atoms with Crippen molar-refractivity contribution in [2.45, 2.75) is 45.6 Å². The number of aromatic amines is 1. The first-order valence-electron chi connectivity index (χ1n) is 13.1. The van der Waals surface area contributed by atoms with Crippen LogP contribution in [0.4, 0.5) is 10.5 Å². The molecule has 0 spiro atoms. The smallest absolute Gasteiger partial charge is 0.320 e. The molecule has 0 bridgehead atoms. The van der Waals surface area contributed by atoms with Crippen LogP contribution in [0.5, 0.6) is 0 Å². The molecule has 36 heavy (non-hydrogen) atoms. The number of ether oxygens (including phenoxy) is 1. The van der Waals surface area contributed by atoms with E-state index in [1.54, 1.807) is 0 Å². The number of amides is 3. The van der Waals surface area contributed by atoms with E-state index in [1.807, 2.05) is 28.0 Å². The third kappa shape index (κ3) is 7.04. The molecule has 0 saturated carbocycles. The van der Waals surface area contributed by atoms with Gasteiger partial charge in [0.25, 0.3) is 5.91 Å². The number of nitrogens with zero attached hydrogens (tertiary/aromatic N) is 5. The largest absolute Gasteiger partial charge is 0.378 e. The van der Waals surface area contributed by atoms with E-state index in [1.165, 1.54) is 11.9 Å². The predicted octanol–water partition coefficient (Wildman–Crippen LogP) is 2.86. The lowest BCUT2D eigenvalue weighted by Crippen LogP contribution is -2.51. The van der Waals surface area contributed by atoms with Gasteiger partial charge in [-0.15, -0.1) is 0 Å². The molecule has 10 heteroatoms. The van der Waals surface area contributed by atoms with Crippen LogP contribution in [0.1, 0.15) is 49.3 Å². The minimum atomic E-state index is -0.302. The Bertz CT molecular complexity index is 970. The number of morpholine rings is 1. The molecular weight excluding hydrogens is 458 g/mol. The molecule has 4 rings (SSSR count). The van der Waals surface area contributed by atoms with Gasteiger partial charge in [-0.3, -0.25) is 9.89 Å². The maximum absolute atomic E-state index is 12.8. The van der Waals surface area contributed by atoms with Gasteiger partial charge in [-0.25, -0.2) is 9.78 Å². The van der Waals surface area contributed by atoms with Gasteiger partial charge in [0.15, 0.2) is 0 Å². The molecule has 3 heterocycles. The number of nitrogens with one attached hydrogen (secondary N) is 2. The third-order valence-electron chi connectivity index (χ3n) is 7.14. The van der Waals surface area contributed by atoms with Gasteiger partial charge in [0.2, 0.25) is 5.82 Å². The minimum Gasteiger partial charge on any atom is -0.378 e. The second-order valence-corrected chi connectivity index (χ2v) is 9.85. The van der Waals surface area contributed by atoms with E-state index in [0.717, 1.165) is 57.5 Å². The maximum atomic E-state index is 12.8. The number of urea groups is 1. The molecule has 1 unspecified atom stereocenters. The average Bonchev–Trinajstić information content (AvgIpc) is 3.45. The van der Waals surface area contributed by atoms with E-state index in [4.69, 9.17) is 4.74 Å². The normalized spacial score (nSPS) is 17.9. The molecule has 2 aliphatic heterocycles. The summed E-state index contributed by atoms with van der Waals surface area (Å²) in [5.74, 6) is 0.490. The lowest BCUT2D eigenvalue weighted by Gasteiger charge is -2.39. The van der Waals surface area contributed by atoms with E-state index < -0.39 is 0 Å². The molecule has 2 aromatic rings. The first-order valence-corrected chi connectivity index (χ1v) is 13.1. The molecule has 0 aliphatic carbocycles. The number of hydrogen-bond acceptors (Lipinski definition) is 6. The van der Waals surface area contributed by atoms with Gasteiger partial charge < -0.3 is 24.8 Å². The van der Waals surface area contributed by atoms with Gasteiger partial charge in [0.05, 0.1) is 13.2 Å². The Hall–Kier alpha value is -2.98. The average molecular weight is 498 g/mol. The number of rotatable bonds is 9. The first kappa shape index (κ1) is 26.1. The highest BCUT2D eigenvalue weighted by atomic mass is 16.5. The van der Waals surface area contributed by atoms with Gasteiger partial charge in [0.1, 0.15) is 6.33 Å². The van der Waals surface area contributed by atoms with Gasteiger partial charge in [0, 0.05) is 44.5 Å². The summed E-state index contributed by atoms with van der Waals surface area (Å²) in [6.07, 6.45) is 5.42. The van der Waals surface area contributed by atoms with Crippen molar-refractivity contribution < 1.29 is 14.3 Å². The van der Waals surface area contributed by atoms with Crippen molar-refractivity contribution in [2.24, 2.45) is 5.92 Å². The number of benzene rings is 1. The quantitative estimate of drug-likeness (QED) is 0.552. The summed E-state index contributed by atoms with van der Waals surface area (Å²) in [7, 11) is 0. The van der Waals surface area contributed by atoms with Crippen LogP contribution in [-0.2, 0) is 11.2 Å². The van der Waals surface area contributed by atoms with Gasteiger partial charge in [-0.1, -0.05) is 19.1 Å². The second kappa shape index (κ2) is 12.8. The van der Waals surface area contributed by atoms with Crippen LogP contribution >= 0.6 is 0 Å². The van der Waals surface area contributed by atoms with Crippen molar-refractivity contribution in [2.75, 3.05) is 57.8 Å². The topological polar surface area (TPSA) is 107 Å². The van der Waals surface area contributed by atoms with Crippen LogP contribution in [0.3, 0.4) is 0 Å². The predicted molar refractivity (Wildman–Crippen MR) is 138 cm³/mol. The van der Waals surface area contributed by atoms with Crippen molar-refractivity contribution in [3.8, 4) is 0 Å². The van der Waals surface area contributed by atoms with Crippen LogP contribution in [-0.4, -0.2) is 100 Å². The van der Waals surface area contributed by atoms with Crippen molar-refractivity contribution in [3.05, 3.63) is 42.0 Å². The number of hydrogen-bond donors (Lipinski definition) is 2. The first-order chi connectivity index (χ1) is 17.5. The molecule has 196 valence electrons. The minimum absolute atomic E-state index is 0.172. The molecule has 2 fully saturated rings. The standard InChI is InChI=1S/C26H39N7O3/c1-3-9-33(18-21-7-10-31(11-8-21)26(35)32-12-14-36-15-13-32)20(2)16-22-5-4-6-23(17-22)29-25(34)24-27-19-28-30-24/h4-6,17,19-21H,3,7-16,18H2,1-2H3,(H,29,34)(H,27,28,30). The van der Waals surface area contributed by atoms with E-state index in [2.05, 4.69) is 45.3 Å². The van der Waals surface area contributed by atoms with Crippen LogP contribution in [0, 0.1) is 5.92 Å². The fourth-order valence-corrected chi connectivity index (χ4v) is 5.12. The zero-order valence-electron chi connectivity index (χ0n) is 21.5. The molecule has 1 atom stereocenters. The highest BCUT2D eigenvalue weighted by Gasteiger charge is 2.28. The lowest BCUT2D eigenvalue weighted by atomic mass is 9.95. The summed E-state index contributed by atoms with van der Waals surface area (Å²) in [6.45, 7) is 11.0. The maximum Gasteiger partial charge on any atom is 0.320 e. The third-order valence-corrected chi connectivity index (χ3v) is 7.14. The zero-order chi connectivity index (χ0) is 25.3. The summed E-state index contributed by atoms with van der Waals surface area (Å²) in [5, 5.41) is 9.21. The Morgan fingerprint density at radius 3 is 2.64 bits per heavy atom. The summed E-state index contributed by atoms with van der Waals surface area (Å²) < 4.78 is 5.38. The van der Waals surface area contributed by atoms with Crippen molar-refractivity contribution in [1.29, 1.82) is 0 Å². The van der Waals surface area contributed by atoms with E-state index in [-0.39, 0.29) is 17.8 Å². The van der Waals surface area contributed by atoms with Crippen LogP contribution in [0.2, 0.25) is 0 Å². The fourth-order valence-electron chi connectivity index (χ4n) is 5.12. The number of carbonyl (C=O) groups is 2. The Labute approximate surface area is 213 Å². The van der Waals surface area contributed by atoms with Gasteiger partial charge in [-0.2, -0.15) is 5.10 Å². The molecule has 3 amide bonds. The van der Waals surface area contributed by atoms with E-state index in [0.29, 0.717) is 38.3 Å². The van der Waals surface area contributed by atoms with Crippen molar-refractivity contribution >= 4 is 17.6 Å². The van der Waals surface area contributed by atoms with Crippen LogP contribution < -0.4 is 5.32 Å². The fraction of sp³-hybridized carbons (Fsp3) is 0.615. The zero-order valence-corrected chi connectivity index (χ0v) is 21.5. The second-order valence-electron chi connectivity index (χ2n) is 9.85. The number of H-pyrrole nitrogens is 1.